The molecule has 0 unspecified atom stereocenters. The topological polar surface area (TPSA) is 34.9 Å². The van der Waals surface area contributed by atoms with Gasteiger partial charge in [0.2, 0.25) is 0 Å². The summed E-state index contributed by atoms with van der Waals surface area (Å²) in [6.07, 6.45) is 3.76. The van der Waals surface area contributed by atoms with Gasteiger partial charge in [-0.15, -0.1) is 11.3 Å². The SMILES string of the molecule is CCCc1cc2c(=O)n(Cc3ccccc3)cnc2s1. The molecule has 2 aromatic heterocycles. The summed E-state index contributed by atoms with van der Waals surface area (Å²) in [7, 11) is 0. The average molecular weight is 284 g/mol. The van der Waals surface area contributed by atoms with Gasteiger partial charge in [0.05, 0.1) is 18.3 Å². The highest BCUT2D eigenvalue weighted by Gasteiger charge is 2.08. The fourth-order valence-corrected chi connectivity index (χ4v) is 3.36. The third kappa shape index (κ3) is 2.51. The maximum absolute atomic E-state index is 12.5. The predicted octanol–water partition coefficient (Wildman–Crippen LogP) is 3.46. The molecule has 0 aliphatic carbocycles. The molecule has 0 radical (unpaired) electrons. The maximum atomic E-state index is 12.5. The quantitative estimate of drug-likeness (QED) is 0.735. The summed E-state index contributed by atoms with van der Waals surface area (Å²) in [5, 5.41) is 0.747. The molecule has 3 nitrogen and oxygen atoms in total. The van der Waals surface area contributed by atoms with Gasteiger partial charge in [0.1, 0.15) is 4.83 Å². The van der Waals surface area contributed by atoms with Crippen LogP contribution in [0.25, 0.3) is 10.2 Å². The van der Waals surface area contributed by atoms with Crippen LogP contribution in [-0.4, -0.2) is 9.55 Å². The zero-order valence-electron chi connectivity index (χ0n) is 11.4. The van der Waals surface area contributed by atoms with Crippen molar-refractivity contribution in [2.45, 2.75) is 26.3 Å². The third-order valence-corrected chi connectivity index (χ3v) is 4.36. The first-order valence-corrected chi connectivity index (χ1v) is 7.61. The minimum absolute atomic E-state index is 0.0532. The Hall–Kier alpha value is -1.94. The molecule has 0 fully saturated rings. The lowest BCUT2D eigenvalue weighted by atomic mass is 10.2. The normalized spacial score (nSPS) is 11.1. The molecule has 3 aromatic rings. The maximum Gasteiger partial charge on any atom is 0.262 e. The zero-order chi connectivity index (χ0) is 13.9. The van der Waals surface area contributed by atoms with Gasteiger partial charge in [0.15, 0.2) is 0 Å². The fraction of sp³-hybridized carbons (Fsp3) is 0.250. The van der Waals surface area contributed by atoms with Gasteiger partial charge in [0.25, 0.3) is 5.56 Å². The van der Waals surface area contributed by atoms with Crippen LogP contribution in [0.3, 0.4) is 0 Å². The van der Waals surface area contributed by atoms with Crippen LogP contribution in [-0.2, 0) is 13.0 Å². The van der Waals surface area contributed by atoms with Crippen molar-refractivity contribution in [3.05, 3.63) is 63.5 Å². The molecule has 0 atom stereocenters. The van der Waals surface area contributed by atoms with E-state index in [2.05, 4.69) is 11.9 Å². The number of hydrogen-bond acceptors (Lipinski definition) is 3. The van der Waals surface area contributed by atoms with Crippen molar-refractivity contribution in [1.82, 2.24) is 9.55 Å². The van der Waals surface area contributed by atoms with Crippen molar-refractivity contribution in [2.75, 3.05) is 0 Å². The number of hydrogen-bond donors (Lipinski definition) is 0. The first-order valence-electron chi connectivity index (χ1n) is 6.79. The lowest BCUT2D eigenvalue weighted by molar-refractivity contribution is 0.749. The second-order valence-corrected chi connectivity index (χ2v) is 5.96. The molecule has 102 valence electrons. The monoisotopic (exact) mass is 284 g/mol. The van der Waals surface area contributed by atoms with Crippen LogP contribution in [0.15, 0.2) is 47.5 Å². The van der Waals surface area contributed by atoms with Crippen LogP contribution in [0.1, 0.15) is 23.8 Å². The Morgan fingerprint density at radius 1 is 1.25 bits per heavy atom. The van der Waals surface area contributed by atoms with E-state index in [0.29, 0.717) is 6.54 Å². The summed E-state index contributed by atoms with van der Waals surface area (Å²) >= 11 is 1.63. The standard InChI is InChI=1S/C16H16N2OS/c1-2-6-13-9-14-15(20-13)17-11-18(16(14)19)10-12-7-4-3-5-8-12/h3-5,7-9,11H,2,6,10H2,1H3. The largest absolute Gasteiger partial charge is 0.294 e. The van der Waals surface area contributed by atoms with E-state index in [1.165, 1.54) is 4.88 Å². The second kappa shape index (κ2) is 5.59. The fourth-order valence-electron chi connectivity index (χ4n) is 2.27. The molecule has 3 rings (SSSR count). The highest BCUT2D eigenvalue weighted by atomic mass is 32.1. The molecule has 4 heteroatoms. The van der Waals surface area contributed by atoms with Gasteiger partial charge in [-0.05, 0) is 18.1 Å². The minimum atomic E-state index is 0.0532. The molecule has 1 aromatic carbocycles. The Morgan fingerprint density at radius 3 is 2.80 bits per heavy atom. The van der Waals surface area contributed by atoms with Crippen LogP contribution in [0.2, 0.25) is 0 Å². The molecule has 0 saturated carbocycles. The molecular formula is C16H16N2OS. The molecule has 2 heterocycles. The van der Waals surface area contributed by atoms with Crippen LogP contribution >= 0.6 is 11.3 Å². The van der Waals surface area contributed by atoms with E-state index in [1.807, 2.05) is 36.4 Å². The lowest BCUT2D eigenvalue weighted by Gasteiger charge is -2.04. The summed E-state index contributed by atoms with van der Waals surface area (Å²) in [5.41, 5.74) is 1.16. The smallest absolute Gasteiger partial charge is 0.262 e. The summed E-state index contributed by atoms with van der Waals surface area (Å²) in [5.74, 6) is 0. The lowest BCUT2D eigenvalue weighted by Crippen LogP contribution is -2.20. The van der Waals surface area contributed by atoms with E-state index in [4.69, 9.17) is 0 Å². The molecule has 0 saturated heterocycles. The number of nitrogens with zero attached hydrogens (tertiary/aromatic N) is 2. The Morgan fingerprint density at radius 2 is 2.05 bits per heavy atom. The van der Waals surface area contributed by atoms with Crippen molar-refractivity contribution in [2.24, 2.45) is 0 Å². The molecule has 0 bridgehead atoms. The van der Waals surface area contributed by atoms with E-state index in [0.717, 1.165) is 28.6 Å². The Labute approximate surface area is 121 Å². The zero-order valence-corrected chi connectivity index (χ0v) is 12.2. The van der Waals surface area contributed by atoms with Gasteiger partial charge in [0, 0.05) is 4.88 Å². The van der Waals surface area contributed by atoms with Crippen LogP contribution < -0.4 is 5.56 Å². The van der Waals surface area contributed by atoms with Gasteiger partial charge >= 0.3 is 0 Å². The van der Waals surface area contributed by atoms with Gasteiger partial charge in [-0.25, -0.2) is 4.98 Å². The summed E-state index contributed by atoms with van der Waals surface area (Å²) in [6, 6.07) is 12.0. The van der Waals surface area contributed by atoms with Crippen molar-refractivity contribution >= 4 is 21.6 Å². The van der Waals surface area contributed by atoms with Crippen LogP contribution in [0.4, 0.5) is 0 Å². The molecular weight excluding hydrogens is 268 g/mol. The summed E-state index contributed by atoms with van der Waals surface area (Å²) < 4.78 is 1.68. The van der Waals surface area contributed by atoms with Gasteiger partial charge in [-0.3, -0.25) is 9.36 Å². The summed E-state index contributed by atoms with van der Waals surface area (Å²) in [6.45, 7) is 2.72. The number of aromatic nitrogens is 2. The molecule has 0 aliphatic rings. The third-order valence-electron chi connectivity index (χ3n) is 3.26. The first-order chi connectivity index (χ1) is 9.78. The van der Waals surface area contributed by atoms with E-state index in [-0.39, 0.29) is 5.56 Å². The van der Waals surface area contributed by atoms with Crippen LogP contribution in [0.5, 0.6) is 0 Å². The van der Waals surface area contributed by atoms with Gasteiger partial charge in [-0.2, -0.15) is 0 Å². The van der Waals surface area contributed by atoms with E-state index in [9.17, 15) is 4.79 Å². The molecule has 0 aliphatic heterocycles. The van der Waals surface area contributed by atoms with Crippen molar-refractivity contribution in [3.63, 3.8) is 0 Å². The van der Waals surface area contributed by atoms with Gasteiger partial charge < -0.3 is 0 Å². The number of thiophene rings is 1. The van der Waals surface area contributed by atoms with E-state index in [1.54, 1.807) is 22.2 Å². The molecule has 0 N–H and O–H groups in total. The van der Waals surface area contributed by atoms with E-state index >= 15 is 0 Å². The predicted molar refractivity (Wildman–Crippen MR) is 83.4 cm³/mol. The Balaban J connectivity index is 2.00. The molecule has 0 spiro atoms. The van der Waals surface area contributed by atoms with Crippen LogP contribution in [0, 0.1) is 0 Å². The highest BCUT2D eigenvalue weighted by molar-refractivity contribution is 7.18. The number of fused-ring (bicyclic) bond motifs is 1. The highest BCUT2D eigenvalue weighted by Crippen LogP contribution is 2.22. The average Bonchev–Trinajstić information content (AvgIpc) is 2.87. The molecule has 20 heavy (non-hydrogen) atoms. The second-order valence-electron chi connectivity index (χ2n) is 4.84. The summed E-state index contributed by atoms with van der Waals surface area (Å²) in [4.78, 5) is 19.0. The number of aryl methyl sites for hydroxylation is 1. The minimum Gasteiger partial charge on any atom is -0.294 e. The van der Waals surface area contributed by atoms with Gasteiger partial charge in [-0.1, -0.05) is 43.7 Å². The van der Waals surface area contributed by atoms with E-state index < -0.39 is 0 Å². The molecule has 0 amide bonds. The number of benzene rings is 1. The Bertz CT molecular complexity index is 774. The number of rotatable bonds is 4. The van der Waals surface area contributed by atoms with Crippen molar-refractivity contribution in [3.8, 4) is 0 Å². The first kappa shape index (κ1) is 13.1. The van der Waals surface area contributed by atoms with Crippen molar-refractivity contribution in [1.29, 1.82) is 0 Å². The Kier molecular flexibility index (Phi) is 3.65. The van der Waals surface area contributed by atoms with Crippen molar-refractivity contribution < 1.29 is 0 Å².